The summed E-state index contributed by atoms with van der Waals surface area (Å²) in [6, 6.07) is 0. The average molecular weight is 301 g/mol. The van der Waals surface area contributed by atoms with Crippen LogP contribution in [0, 0.1) is 5.92 Å². The van der Waals surface area contributed by atoms with Crippen LogP contribution in [0.5, 0.6) is 0 Å². The monoisotopic (exact) mass is 301 g/mol. The average Bonchev–Trinajstić information content (AvgIpc) is 3.11. The van der Waals surface area contributed by atoms with Gasteiger partial charge in [-0.3, -0.25) is 4.79 Å². The number of aryl methyl sites for hydroxylation is 1. The van der Waals surface area contributed by atoms with E-state index in [0.717, 1.165) is 38.4 Å². The van der Waals surface area contributed by atoms with E-state index in [4.69, 9.17) is 4.42 Å². The first-order valence-corrected chi connectivity index (χ1v) is 8.66. The van der Waals surface area contributed by atoms with E-state index in [-0.39, 0.29) is 17.0 Å². The van der Waals surface area contributed by atoms with Crippen molar-refractivity contribution in [3.05, 3.63) is 5.89 Å². The molecule has 0 atom stereocenters. The highest BCUT2D eigenvalue weighted by atomic mass is 32.2. The molecular weight excluding hydrogens is 282 g/mol. The second-order valence-corrected chi connectivity index (χ2v) is 7.00. The third-order valence-corrected chi connectivity index (χ3v) is 3.88. The maximum absolute atomic E-state index is 11.4. The summed E-state index contributed by atoms with van der Waals surface area (Å²) in [5, 5.41) is 9.75. The number of carbonyl (C=O) groups is 1. The van der Waals surface area contributed by atoms with E-state index in [0.29, 0.717) is 18.9 Å². The first kappa shape index (κ1) is 15.0. The van der Waals surface area contributed by atoms with Crippen LogP contribution in [-0.2, 0) is 21.1 Å². The zero-order valence-electron chi connectivity index (χ0n) is 11.5. The van der Waals surface area contributed by atoms with Gasteiger partial charge in [0.2, 0.25) is 21.6 Å². The summed E-state index contributed by atoms with van der Waals surface area (Å²) in [6.07, 6.45) is 6.26. The minimum absolute atomic E-state index is 0.166. The van der Waals surface area contributed by atoms with E-state index in [2.05, 4.69) is 15.5 Å². The minimum atomic E-state index is -3.42. The van der Waals surface area contributed by atoms with E-state index < -0.39 is 9.84 Å². The zero-order valence-corrected chi connectivity index (χ0v) is 12.3. The SMILES string of the molecule is CS(=O)(=O)c1nnc(CCCCCNC(=O)C2CC2)o1. The molecule has 112 valence electrons. The molecule has 1 amide bonds. The summed E-state index contributed by atoms with van der Waals surface area (Å²) < 4.78 is 27.4. The van der Waals surface area contributed by atoms with Gasteiger partial charge < -0.3 is 9.73 Å². The van der Waals surface area contributed by atoms with Gasteiger partial charge in [0.15, 0.2) is 0 Å². The van der Waals surface area contributed by atoms with Crippen molar-refractivity contribution in [2.75, 3.05) is 12.8 Å². The molecule has 0 saturated heterocycles. The second kappa shape index (κ2) is 6.34. The Balaban J connectivity index is 1.58. The van der Waals surface area contributed by atoms with Gasteiger partial charge in [0, 0.05) is 25.1 Å². The maximum Gasteiger partial charge on any atom is 0.335 e. The molecule has 0 unspecified atom stereocenters. The molecule has 0 bridgehead atoms. The lowest BCUT2D eigenvalue weighted by Crippen LogP contribution is -2.25. The molecule has 8 heteroatoms. The lowest BCUT2D eigenvalue weighted by atomic mass is 10.2. The van der Waals surface area contributed by atoms with Crippen LogP contribution in [0.2, 0.25) is 0 Å². The summed E-state index contributed by atoms with van der Waals surface area (Å²) in [5.74, 6) is 0.759. The topological polar surface area (TPSA) is 102 Å². The van der Waals surface area contributed by atoms with Crippen LogP contribution in [0.4, 0.5) is 0 Å². The zero-order chi connectivity index (χ0) is 14.6. The van der Waals surface area contributed by atoms with Gasteiger partial charge in [-0.15, -0.1) is 5.10 Å². The number of unbranched alkanes of at least 4 members (excludes halogenated alkanes) is 2. The van der Waals surface area contributed by atoms with Gasteiger partial charge in [0.05, 0.1) is 0 Å². The Kier molecular flexibility index (Phi) is 4.74. The number of rotatable bonds is 8. The van der Waals surface area contributed by atoms with Gasteiger partial charge in [-0.1, -0.05) is 11.5 Å². The number of amides is 1. The van der Waals surface area contributed by atoms with Gasteiger partial charge in [-0.05, 0) is 25.7 Å². The lowest BCUT2D eigenvalue weighted by molar-refractivity contribution is -0.122. The van der Waals surface area contributed by atoms with E-state index >= 15 is 0 Å². The molecule has 1 heterocycles. The molecule has 0 radical (unpaired) electrons. The standard InChI is InChI=1S/C12H19N3O4S/c1-20(17,18)12-15-14-10(19-12)5-3-2-4-8-13-11(16)9-6-7-9/h9H,2-8H2,1H3,(H,13,16). The number of hydrogen-bond donors (Lipinski definition) is 1. The molecule has 1 N–H and O–H groups in total. The van der Waals surface area contributed by atoms with Crippen molar-refractivity contribution >= 4 is 15.7 Å². The second-order valence-electron chi connectivity index (χ2n) is 5.11. The minimum Gasteiger partial charge on any atom is -0.413 e. The fourth-order valence-electron chi connectivity index (χ4n) is 1.77. The van der Waals surface area contributed by atoms with E-state index in [1.54, 1.807) is 0 Å². The fraction of sp³-hybridized carbons (Fsp3) is 0.750. The molecule has 1 fully saturated rings. The smallest absolute Gasteiger partial charge is 0.335 e. The highest BCUT2D eigenvalue weighted by Crippen LogP contribution is 2.28. The number of aromatic nitrogens is 2. The molecule has 1 saturated carbocycles. The number of carbonyl (C=O) groups excluding carboxylic acids is 1. The lowest BCUT2D eigenvalue weighted by Gasteiger charge is -2.03. The van der Waals surface area contributed by atoms with Crippen LogP contribution < -0.4 is 5.32 Å². The summed E-state index contributed by atoms with van der Waals surface area (Å²) in [5.41, 5.74) is 0. The summed E-state index contributed by atoms with van der Waals surface area (Å²) in [7, 11) is -3.42. The van der Waals surface area contributed by atoms with Crippen LogP contribution in [0.1, 0.15) is 38.0 Å². The van der Waals surface area contributed by atoms with E-state index in [1.165, 1.54) is 0 Å². The largest absolute Gasteiger partial charge is 0.413 e. The number of nitrogens with one attached hydrogen (secondary N) is 1. The van der Waals surface area contributed by atoms with Gasteiger partial charge in [0.1, 0.15) is 0 Å². The molecule has 1 aliphatic carbocycles. The highest BCUT2D eigenvalue weighted by molar-refractivity contribution is 7.90. The maximum atomic E-state index is 11.4. The van der Waals surface area contributed by atoms with E-state index in [1.807, 2.05) is 0 Å². The van der Waals surface area contributed by atoms with Gasteiger partial charge in [0.25, 0.3) is 0 Å². The normalized spacial score (nSPS) is 15.2. The van der Waals surface area contributed by atoms with Crippen LogP contribution in [-0.4, -0.2) is 37.3 Å². The molecule has 1 aromatic rings. The van der Waals surface area contributed by atoms with Crippen molar-refractivity contribution in [1.29, 1.82) is 0 Å². The summed E-state index contributed by atoms with van der Waals surface area (Å²) in [4.78, 5) is 11.4. The Labute approximate surface area is 118 Å². The van der Waals surface area contributed by atoms with Gasteiger partial charge in [-0.25, -0.2) is 8.42 Å². The molecule has 1 aromatic heterocycles. The van der Waals surface area contributed by atoms with E-state index in [9.17, 15) is 13.2 Å². The molecule has 2 rings (SSSR count). The third kappa shape index (κ3) is 4.59. The Bertz CT molecular complexity index is 563. The number of hydrogen-bond acceptors (Lipinski definition) is 6. The quantitative estimate of drug-likeness (QED) is 0.709. The van der Waals surface area contributed by atoms with Crippen molar-refractivity contribution in [2.24, 2.45) is 5.92 Å². The molecule has 20 heavy (non-hydrogen) atoms. The Morgan fingerprint density at radius 3 is 2.65 bits per heavy atom. The van der Waals surface area contributed by atoms with Crippen LogP contribution in [0.3, 0.4) is 0 Å². The molecule has 0 aromatic carbocycles. The van der Waals surface area contributed by atoms with Crippen molar-refractivity contribution in [2.45, 2.75) is 43.7 Å². The molecule has 1 aliphatic rings. The Morgan fingerprint density at radius 2 is 2.05 bits per heavy atom. The summed E-state index contributed by atoms with van der Waals surface area (Å²) >= 11 is 0. The van der Waals surface area contributed by atoms with Crippen LogP contribution in [0.15, 0.2) is 9.64 Å². The van der Waals surface area contributed by atoms with Crippen molar-refractivity contribution in [3.8, 4) is 0 Å². The molecule has 0 spiro atoms. The first-order chi connectivity index (χ1) is 9.47. The predicted molar refractivity (Wildman–Crippen MR) is 70.7 cm³/mol. The molecular formula is C12H19N3O4S. The fourth-order valence-corrected chi connectivity index (χ4v) is 2.21. The summed E-state index contributed by atoms with van der Waals surface area (Å²) in [6.45, 7) is 0.688. The Morgan fingerprint density at radius 1 is 1.30 bits per heavy atom. The van der Waals surface area contributed by atoms with Gasteiger partial charge >= 0.3 is 5.22 Å². The number of nitrogens with zero attached hydrogens (tertiary/aromatic N) is 2. The van der Waals surface area contributed by atoms with Crippen LogP contribution >= 0.6 is 0 Å². The first-order valence-electron chi connectivity index (χ1n) is 6.77. The predicted octanol–water partition coefficient (Wildman–Crippen LogP) is 0.712. The Hall–Kier alpha value is -1.44. The molecule has 0 aliphatic heterocycles. The highest BCUT2D eigenvalue weighted by Gasteiger charge is 2.28. The van der Waals surface area contributed by atoms with Gasteiger partial charge in [-0.2, -0.15) is 0 Å². The van der Waals surface area contributed by atoms with Crippen molar-refractivity contribution in [3.63, 3.8) is 0 Å². The molecule has 7 nitrogen and oxygen atoms in total. The van der Waals surface area contributed by atoms with Crippen molar-refractivity contribution < 1.29 is 17.6 Å². The third-order valence-electron chi connectivity index (χ3n) is 3.08. The van der Waals surface area contributed by atoms with Crippen molar-refractivity contribution in [1.82, 2.24) is 15.5 Å². The number of sulfone groups is 1. The van der Waals surface area contributed by atoms with Crippen LogP contribution in [0.25, 0.3) is 0 Å².